The zero-order chi connectivity index (χ0) is 20.5. The Morgan fingerprint density at radius 1 is 0.931 bits per heavy atom. The first-order valence-corrected chi connectivity index (χ1v) is 9.50. The van der Waals surface area contributed by atoms with E-state index < -0.39 is 0 Å². The van der Waals surface area contributed by atoms with Gasteiger partial charge in [0.15, 0.2) is 0 Å². The molecular weight excluding hydrogens is 362 g/mol. The van der Waals surface area contributed by atoms with Gasteiger partial charge in [-0.15, -0.1) is 0 Å². The summed E-state index contributed by atoms with van der Waals surface area (Å²) in [5.41, 5.74) is 5.92. The van der Waals surface area contributed by atoms with Gasteiger partial charge in [0.25, 0.3) is 5.91 Å². The number of para-hydroxylation sites is 2. The molecule has 0 spiro atoms. The van der Waals surface area contributed by atoms with Crippen LogP contribution in [-0.2, 0) is 0 Å². The van der Waals surface area contributed by atoms with Crippen LogP contribution in [0, 0.1) is 27.7 Å². The van der Waals surface area contributed by atoms with E-state index in [9.17, 15) is 4.79 Å². The topological polar surface area (TPSA) is 64.7 Å². The number of amides is 1. The Kier molecular flexibility index (Phi) is 4.76. The van der Waals surface area contributed by atoms with Gasteiger partial charge < -0.3 is 9.88 Å². The van der Waals surface area contributed by atoms with E-state index in [1.165, 1.54) is 0 Å². The predicted octanol–water partition coefficient (Wildman–Crippen LogP) is 4.54. The van der Waals surface area contributed by atoms with E-state index in [2.05, 4.69) is 15.4 Å². The van der Waals surface area contributed by atoms with Crippen molar-refractivity contribution >= 4 is 11.6 Å². The highest BCUT2D eigenvalue weighted by atomic mass is 16.1. The van der Waals surface area contributed by atoms with Gasteiger partial charge in [-0.25, -0.2) is 9.67 Å². The first-order chi connectivity index (χ1) is 14.0. The van der Waals surface area contributed by atoms with Crippen LogP contribution in [0.5, 0.6) is 0 Å². The number of benzene rings is 1. The van der Waals surface area contributed by atoms with Crippen molar-refractivity contribution < 1.29 is 4.79 Å². The summed E-state index contributed by atoms with van der Waals surface area (Å²) < 4.78 is 3.84. The van der Waals surface area contributed by atoms with E-state index in [4.69, 9.17) is 0 Å². The van der Waals surface area contributed by atoms with Gasteiger partial charge in [-0.3, -0.25) is 4.79 Å². The molecule has 0 radical (unpaired) electrons. The monoisotopic (exact) mass is 385 g/mol. The fourth-order valence-electron chi connectivity index (χ4n) is 3.66. The molecule has 0 aliphatic heterocycles. The summed E-state index contributed by atoms with van der Waals surface area (Å²) >= 11 is 0. The van der Waals surface area contributed by atoms with Gasteiger partial charge in [0.05, 0.1) is 22.6 Å². The van der Waals surface area contributed by atoms with E-state index >= 15 is 0 Å². The van der Waals surface area contributed by atoms with Gasteiger partial charge in [-0.05, 0) is 64.1 Å². The fraction of sp³-hybridized carbons (Fsp3) is 0.174. The van der Waals surface area contributed by atoms with Gasteiger partial charge in [0, 0.05) is 23.3 Å². The van der Waals surface area contributed by atoms with Crippen LogP contribution >= 0.6 is 0 Å². The smallest absolute Gasteiger partial charge is 0.257 e. The maximum absolute atomic E-state index is 13.1. The largest absolute Gasteiger partial charge is 0.320 e. The lowest BCUT2D eigenvalue weighted by atomic mass is 10.2. The predicted molar refractivity (Wildman–Crippen MR) is 114 cm³/mol. The van der Waals surface area contributed by atoms with Crippen molar-refractivity contribution in [2.45, 2.75) is 27.7 Å². The lowest BCUT2D eigenvalue weighted by Gasteiger charge is -2.13. The zero-order valence-electron chi connectivity index (χ0n) is 17.0. The number of nitrogens with zero attached hydrogens (tertiary/aromatic N) is 4. The molecule has 0 unspecified atom stereocenters. The van der Waals surface area contributed by atoms with E-state index in [0.29, 0.717) is 11.3 Å². The second-order valence-electron chi connectivity index (χ2n) is 7.12. The van der Waals surface area contributed by atoms with Gasteiger partial charge in [0.2, 0.25) is 0 Å². The molecule has 146 valence electrons. The second kappa shape index (κ2) is 7.39. The van der Waals surface area contributed by atoms with E-state index in [0.717, 1.165) is 34.3 Å². The lowest BCUT2D eigenvalue weighted by molar-refractivity contribution is 0.102. The third-order valence-electron chi connectivity index (χ3n) is 4.94. The maximum Gasteiger partial charge on any atom is 0.257 e. The third-order valence-corrected chi connectivity index (χ3v) is 4.94. The van der Waals surface area contributed by atoms with Crippen molar-refractivity contribution in [2.24, 2.45) is 0 Å². The number of anilines is 1. The highest BCUT2D eigenvalue weighted by molar-refractivity contribution is 6.06. The van der Waals surface area contributed by atoms with Crippen molar-refractivity contribution in [1.29, 1.82) is 0 Å². The lowest BCUT2D eigenvalue weighted by Crippen LogP contribution is -2.15. The molecule has 1 amide bonds. The van der Waals surface area contributed by atoms with Crippen LogP contribution in [0.2, 0.25) is 0 Å². The molecule has 0 aliphatic rings. The van der Waals surface area contributed by atoms with E-state index in [1.54, 1.807) is 6.20 Å². The number of rotatable bonds is 4. The molecule has 3 heterocycles. The average molecular weight is 385 g/mol. The van der Waals surface area contributed by atoms with Gasteiger partial charge >= 0.3 is 0 Å². The average Bonchev–Trinajstić information content (AvgIpc) is 3.20. The second-order valence-corrected chi connectivity index (χ2v) is 7.12. The molecule has 0 bridgehead atoms. The van der Waals surface area contributed by atoms with Crippen LogP contribution in [0.1, 0.15) is 33.1 Å². The van der Waals surface area contributed by atoms with Crippen LogP contribution in [0.4, 0.5) is 5.69 Å². The fourth-order valence-corrected chi connectivity index (χ4v) is 3.66. The Morgan fingerprint density at radius 3 is 2.38 bits per heavy atom. The summed E-state index contributed by atoms with van der Waals surface area (Å²) in [4.78, 5) is 17.5. The highest BCUT2D eigenvalue weighted by Gasteiger charge is 2.19. The summed E-state index contributed by atoms with van der Waals surface area (Å²) in [5, 5.41) is 7.61. The molecule has 1 aromatic carbocycles. The van der Waals surface area contributed by atoms with Crippen LogP contribution < -0.4 is 5.32 Å². The van der Waals surface area contributed by atoms with Crippen molar-refractivity contribution in [2.75, 3.05) is 5.32 Å². The molecule has 1 N–H and O–H groups in total. The molecule has 3 aromatic heterocycles. The molecule has 0 fully saturated rings. The normalized spacial score (nSPS) is 10.9. The number of aromatic nitrogens is 4. The number of aryl methyl sites for hydroxylation is 3. The highest BCUT2D eigenvalue weighted by Crippen LogP contribution is 2.24. The Hall–Kier alpha value is -3.67. The van der Waals surface area contributed by atoms with Crippen molar-refractivity contribution in [3.8, 4) is 11.5 Å². The molecule has 0 saturated carbocycles. The molecular formula is C23H23N5O. The number of hydrogen-bond acceptors (Lipinski definition) is 3. The van der Waals surface area contributed by atoms with Gasteiger partial charge in [-0.2, -0.15) is 5.10 Å². The van der Waals surface area contributed by atoms with Crippen molar-refractivity contribution in [1.82, 2.24) is 19.3 Å². The summed E-state index contributed by atoms with van der Waals surface area (Å²) in [6.45, 7) is 7.86. The molecule has 6 heteroatoms. The van der Waals surface area contributed by atoms with Crippen molar-refractivity contribution in [3.63, 3.8) is 0 Å². The molecule has 29 heavy (non-hydrogen) atoms. The summed E-state index contributed by atoms with van der Waals surface area (Å²) in [5.74, 6) is 0.638. The molecule has 0 atom stereocenters. The van der Waals surface area contributed by atoms with E-state index in [1.807, 2.05) is 91.5 Å². The molecule has 0 aliphatic carbocycles. The number of carbonyl (C=O) groups excluding carboxylic acids is 1. The van der Waals surface area contributed by atoms with Crippen LogP contribution in [-0.4, -0.2) is 25.2 Å². The molecule has 0 saturated heterocycles. The SMILES string of the molecule is Cc1cc(C)n(-c2ccccc2NC(=O)c2cc(C)n(-c3ccccn3)c2C)n1. The van der Waals surface area contributed by atoms with Gasteiger partial charge in [-0.1, -0.05) is 18.2 Å². The summed E-state index contributed by atoms with van der Waals surface area (Å²) in [6, 6.07) is 17.3. The minimum absolute atomic E-state index is 0.158. The first-order valence-electron chi connectivity index (χ1n) is 9.50. The first kappa shape index (κ1) is 18.7. The third kappa shape index (κ3) is 3.45. The minimum Gasteiger partial charge on any atom is -0.320 e. The number of carbonyl (C=O) groups is 1. The summed E-state index contributed by atoms with van der Waals surface area (Å²) in [7, 11) is 0. The standard InChI is InChI=1S/C23H23N5O/c1-15-13-17(3)28(26-15)21-10-6-5-9-20(21)25-23(29)19-14-16(2)27(18(19)4)22-11-7-8-12-24-22/h5-14H,1-4H3,(H,25,29). The van der Waals surface area contributed by atoms with Crippen LogP contribution in [0.3, 0.4) is 0 Å². The van der Waals surface area contributed by atoms with Crippen LogP contribution in [0.25, 0.3) is 11.5 Å². The van der Waals surface area contributed by atoms with E-state index in [-0.39, 0.29) is 5.91 Å². The Labute approximate surface area is 169 Å². The summed E-state index contributed by atoms with van der Waals surface area (Å²) in [6.07, 6.45) is 1.75. The maximum atomic E-state index is 13.1. The number of hydrogen-bond donors (Lipinski definition) is 1. The van der Waals surface area contributed by atoms with Crippen molar-refractivity contribution in [3.05, 3.63) is 89.1 Å². The Bertz CT molecular complexity index is 1190. The Balaban J connectivity index is 1.69. The molecule has 4 rings (SSSR count). The Morgan fingerprint density at radius 2 is 1.69 bits per heavy atom. The molecule has 6 nitrogen and oxygen atoms in total. The number of pyridine rings is 1. The quantitative estimate of drug-likeness (QED) is 0.561. The van der Waals surface area contributed by atoms with Gasteiger partial charge in [0.1, 0.15) is 5.82 Å². The zero-order valence-corrected chi connectivity index (χ0v) is 17.0. The molecule has 4 aromatic rings. The number of nitrogens with one attached hydrogen (secondary N) is 1. The minimum atomic E-state index is -0.158. The van der Waals surface area contributed by atoms with Crippen LogP contribution in [0.15, 0.2) is 60.8 Å².